The first-order chi connectivity index (χ1) is 8.92. The highest BCUT2D eigenvalue weighted by atomic mass is 28.4. The summed E-state index contributed by atoms with van der Waals surface area (Å²) in [6.07, 6.45) is 2.08. The van der Waals surface area contributed by atoms with E-state index >= 15 is 0 Å². The Hall–Kier alpha value is -0.653. The molecule has 20 heavy (non-hydrogen) atoms. The predicted octanol–water partition coefficient (Wildman–Crippen LogP) is 3.12. The zero-order valence-corrected chi connectivity index (χ0v) is 15.1. The van der Waals surface area contributed by atoms with Gasteiger partial charge in [-0.15, -0.1) is 0 Å². The van der Waals surface area contributed by atoms with E-state index < -0.39 is 20.4 Å². The van der Waals surface area contributed by atoms with E-state index in [9.17, 15) is 9.90 Å². The highest BCUT2D eigenvalue weighted by molar-refractivity contribution is 6.74. The Labute approximate surface area is 124 Å². The Balaban J connectivity index is 4.66. The predicted molar refractivity (Wildman–Crippen MR) is 84.1 cm³/mol. The Kier molecular flexibility index (Phi) is 7.14. The van der Waals surface area contributed by atoms with Crippen LogP contribution in [0.15, 0.2) is 12.2 Å². The molecule has 0 unspecified atom stereocenters. The molecule has 0 rings (SSSR count). The Morgan fingerprint density at radius 2 is 1.75 bits per heavy atom. The average Bonchev–Trinajstić information content (AvgIpc) is 2.32. The average molecular weight is 302 g/mol. The Bertz CT molecular complexity index is 344. The van der Waals surface area contributed by atoms with Gasteiger partial charge in [-0.1, -0.05) is 33.8 Å². The maximum Gasteiger partial charge on any atom is 0.330 e. The molecule has 0 aliphatic rings. The summed E-state index contributed by atoms with van der Waals surface area (Å²) < 4.78 is 10.7. The molecular formula is C15H30O4Si. The molecule has 0 fully saturated rings. The molecule has 0 spiro atoms. The molecule has 0 heterocycles. The summed E-state index contributed by atoms with van der Waals surface area (Å²) in [5, 5.41) is 10.4. The summed E-state index contributed by atoms with van der Waals surface area (Å²) in [5.41, 5.74) is 0. The smallest absolute Gasteiger partial charge is 0.330 e. The van der Waals surface area contributed by atoms with Gasteiger partial charge in [0.1, 0.15) is 0 Å². The largest absolute Gasteiger partial charge is 0.466 e. The molecule has 0 aliphatic heterocycles. The fraction of sp³-hybridized carbons (Fsp3) is 0.800. The van der Waals surface area contributed by atoms with Gasteiger partial charge in [0, 0.05) is 12.0 Å². The van der Waals surface area contributed by atoms with Crippen LogP contribution >= 0.6 is 0 Å². The molecular weight excluding hydrogens is 272 g/mol. The molecule has 1 N–H and O–H groups in total. The first-order valence-corrected chi connectivity index (χ1v) is 9.95. The van der Waals surface area contributed by atoms with Crippen molar-refractivity contribution in [2.24, 2.45) is 5.92 Å². The third-order valence-corrected chi connectivity index (χ3v) is 8.62. The Morgan fingerprint density at radius 3 is 2.15 bits per heavy atom. The number of aliphatic hydroxyl groups excluding tert-OH is 1. The lowest BCUT2D eigenvalue weighted by atomic mass is 10.0. The maximum atomic E-state index is 11.1. The number of rotatable bonds is 6. The molecule has 0 saturated carbocycles. The molecule has 3 atom stereocenters. The van der Waals surface area contributed by atoms with Crippen molar-refractivity contribution in [3.8, 4) is 0 Å². The van der Waals surface area contributed by atoms with E-state index in [1.54, 1.807) is 6.08 Å². The van der Waals surface area contributed by atoms with Crippen molar-refractivity contribution >= 4 is 14.3 Å². The van der Waals surface area contributed by atoms with Crippen LogP contribution < -0.4 is 0 Å². The van der Waals surface area contributed by atoms with Crippen LogP contribution in [0.5, 0.6) is 0 Å². The lowest BCUT2D eigenvalue weighted by molar-refractivity contribution is -0.134. The maximum absolute atomic E-state index is 11.1. The standard InChI is InChI=1S/C15H30O4Si/c1-11(9-10-13(16)18-6)14(17)12(2)19-20(7,8)15(3,4)5/h9-12,14,17H,1-8H3/b10-9+/t11-,12-,14+/m0/s1. The van der Waals surface area contributed by atoms with E-state index in [4.69, 9.17) is 4.43 Å². The highest BCUT2D eigenvalue weighted by Gasteiger charge is 2.39. The third-order valence-electron chi connectivity index (χ3n) is 4.04. The molecule has 0 amide bonds. The van der Waals surface area contributed by atoms with Gasteiger partial charge in [-0.25, -0.2) is 4.79 Å². The molecule has 4 nitrogen and oxygen atoms in total. The minimum absolute atomic E-state index is 0.103. The van der Waals surface area contributed by atoms with E-state index in [0.717, 1.165) is 0 Å². The van der Waals surface area contributed by atoms with Crippen LogP contribution in [0.3, 0.4) is 0 Å². The molecule has 0 radical (unpaired) electrons. The van der Waals surface area contributed by atoms with Gasteiger partial charge in [0.25, 0.3) is 0 Å². The van der Waals surface area contributed by atoms with Crippen LogP contribution in [0.4, 0.5) is 0 Å². The SMILES string of the molecule is COC(=O)/C=C/[C@H](C)[C@@H](O)[C@H](C)O[Si](C)(C)C(C)(C)C. The number of methoxy groups -OCH3 is 1. The van der Waals surface area contributed by atoms with Gasteiger partial charge in [0.2, 0.25) is 0 Å². The van der Waals surface area contributed by atoms with Crippen LogP contribution in [-0.2, 0) is 14.0 Å². The van der Waals surface area contributed by atoms with Gasteiger partial charge >= 0.3 is 5.97 Å². The highest BCUT2D eigenvalue weighted by Crippen LogP contribution is 2.37. The monoisotopic (exact) mass is 302 g/mol. The van der Waals surface area contributed by atoms with Crippen LogP contribution in [0, 0.1) is 5.92 Å². The van der Waals surface area contributed by atoms with Crippen LogP contribution in [0.2, 0.25) is 18.1 Å². The minimum Gasteiger partial charge on any atom is -0.466 e. The van der Waals surface area contributed by atoms with Crippen LogP contribution in [-0.4, -0.2) is 38.7 Å². The first kappa shape index (κ1) is 19.3. The molecule has 0 aromatic carbocycles. The number of hydrogen-bond acceptors (Lipinski definition) is 4. The lowest BCUT2D eigenvalue weighted by Gasteiger charge is -2.40. The van der Waals surface area contributed by atoms with Crippen molar-refractivity contribution in [1.29, 1.82) is 0 Å². The van der Waals surface area contributed by atoms with Gasteiger partial charge in [-0.05, 0) is 25.1 Å². The Morgan fingerprint density at radius 1 is 1.25 bits per heavy atom. The summed E-state index contributed by atoms with van der Waals surface area (Å²) in [4.78, 5) is 11.1. The van der Waals surface area contributed by atoms with E-state index in [1.807, 2.05) is 13.8 Å². The summed E-state index contributed by atoms with van der Waals surface area (Å²) in [7, 11) is -0.574. The fourth-order valence-electron chi connectivity index (χ4n) is 1.55. The summed E-state index contributed by atoms with van der Waals surface area (Å²) in [6, 6.07) is 0. The summed E-state index contributed by atoms with van der Waals surface area (Å²) in [6.45, 7) is 14.6. The zero-order valence-electron chi connectivity index (χ0n) is 14.1. The number of ether oxygens (including phenoxy) is 1. The fourth-order valence-corrected chi connectivity index (χ4v) is 2.97. The van der Waals surface area contributed by atoms with Crippen molar-refractivity contribution < 1.29 is 19.1 Å². The van der Waals surface area contributed by atoms with Gasteiger partial charge in [0.15, 0.2) is 8.32 Å². The molecule has 0 bridgehead atoms. The second kappa shape index (κ2) is 7.38. The van der Waals surface area contributed by atoms with Gasteiger partial charge < -0.3 is 14.3 Å². The van der Waals surface area contributed by atoms with Crippen molar-refractivity contribution in [2.45, 2.75) is 65.0 Å². The van der Waals surface area contributed by atoms with Crippen LogP contribution in [0.1, 0.15) is 34.6 Å². The first-order valence-electron chi connectivity index (χ1n) is 7.04. The topological polar surface area (TPSA) is 55.8 Å². The van der Waals surface area contributed by atoms with Crippen molar-refractivity contribution in [1.82, 2.24) is 0 Å². The van der Waals surface area contributed by atoms with Gasteiger partial charge in [0.05, 0.1) is 19.3 Å². The van der Waals surface area contributed by atoms with Crippen molar-refractivity contribution in [2.75, 3.05) is 7.11 Å². The second-order valence-corrected chi connectivity index (χ2v) is 11.6. The quantitative estimate of drug-likeness (QED) is 0.465. The normalized spacial score (nSPS) is 17.9. The lowest BCUT2D eigenvalue weighted by Crippen LogP contribution is -2.47. The summed E-state index contributed by atoms with van der Waals surface area (Å²) >= 11 is 0. The molecule has 0 aromatic rings. The number of esters is 1. The van der Waals surface area contributed by atoms with E-state index in [0.29, 0.717) is 0 Å². The zero-order chi connectivity index (χ0) is 16.1. The molecule has 0 saturated heterocycles. The third kappa shape index (κ3) is 5.77. The van der Waals surface area contributed by atoms with Gasteiger partial charge in [-0.2, -0.15) is 0 Å². The number of aliphatic hydroxyl groups is 1. The van der Waals surface area contributed by atoms with Crippen LogP contribution in [0.25, 0.3) is 0 Å². The molecule has 0 aromatic heterocycles. The van der Waals surface area contributed by atoms with Gasteiger partial charge in [-0.3, -0.25) is 0 Å². The minimum atomic E-state index is -1.90. The molecule has 0 aliphatic carbocycles. The molecule has 5 heteroatoms. The van der Waals surface area contributed by atoms with E-state index in [2.05, 4.69) is 38.6 Å². The van der Waals surface area contributed by atoms with Crippen molar-refractivity contribution in [3.05, 3.63) is 12.2 Å². The number of hydrogen-bond donors (Lipinski definition) is 1. The summed E-state index contributed by atoms with van der Waals surface area (Å²) in [5.74, 6) is -0.587. The second-order valence-electron chi connectivity index (χ2n) is 6.82. The van der Waals surface area contributed by atoms with E-state index in [1.165, 1.54) is 13.2 Å². The number of carbonyl (C=O) groups is 1. The van der Waals surface area contributed by atoms with E-state index in [-0.39, 0.29) is 17.1 Å². The number of carbonyl (C=O) groups excluding carboxylic acids is 1. The van der Waals surface area contributed by atoms with Crippen molar-refractivity contribution in [3.63, 3.8) is 0 Å². The molecule has 118 valence electrons.